The number of esters is 2. The Bertz CT molecular complexity index is 1130. The van der Waals surface area contributed by atoms with Gasteiger partial charge in [0.15, 0.2) is 0 Å². The number of hydrogen-bond acceptors (Lipinski definition) is 6. The van der Waals surface area contributed by atoms with Crippen molar-refractivity contribution in [3.8, 4) is 0 Å². The van der Waals surface area contributed by atoms with Crippen molar-refractivity contribution in [2.45, 2.75) is 38.6 Å². The van der Waals surface area contributed by atoms with Crippen LogP contribution in [0.4, 0.5) is 0 Å². The Kier molecular flexibility index (Phi) is 9.20. The molecule has 2 aromatic carbocycles. The summed E-state index contributed by atoms with van der Waals surface area (Å²) >= 11 is 6.27. The quantitative estimate of drug-likeness (QED) is 0.377. The van der Waals surface area contributed by atoms with E-state index < -0.39 is 23.8 Å². The molecule has 1 heterocycles. The lowest BCUT2D eigenvalue weighted by molar-refractivity contribution is -0.144. The van der Waals surface area contributed by atoms with Gasteiger partial charge in [-0.2, -0.15) is 0 Å². The third-order valence-corrected chi connectivity index (χ3v) is 6.25. The third kappa shape index (κ3) is 6.17. The molecule has 0 aliphatic carbocycles. The number of rotatable bonds is 10. The molecule has 2 aromatic rings. The van der Waals surface area contributed by atoms with Crippen LogP contribution in [0.25, 0.3) is 0 Å². The van der Waals surface area contributed by atoms with Gasteiger partial charge in [-0.05, 0) is 49.9 Å². The summed E-state index contributed by atoms with van der Waals surface area (Å²) in [6, 6.07) is 16.3. The van der Waals surface area contributed by atoms with Crippen LogP contribution in [0.5, 0.6) is 0 Å². The molecule has 1 aliphatic rings. The fraction of sp³-hybridized carbons (Fsp3) is 0.333. The molecule has 0 aromatic heterocycles. The van der Waals surface area contributed by atoms with Gasteiger partial charge in [0, 0.05) is 16.7 Å². The zero-order valence-electron chi connectivity index (χ0n) is 20.0. The standard InChI is InChI=1S/C27H29ClN2O5/c1-4-35-27(33)25-22(14-13-21(29-16-31)18-9-6-5-7-10-18)30-17(2)23(26(32)34-3)24(25)19-11-8-12-20(28)15-19/h5-12,15-16,21,23-24H,4,13-14H2,1-3H3,(H,29,31). The lowest BCUT2D eigenvalue weighted by Gasteiger charge is -2.32. The van der Waals surface area contributed by atoms with Crippen LogP contribution < -0.4 is 5.32 Å². The number of aliphatic imine (C=N–C) groups is 1. The second-order valence-corrected chi connectivity index (χ2v) is 8.59. The minimum absolute atomic E-state index is 0.169. The van der Waals surface area contributed by atoms with Crippen molar-refractivity contribution in [3.63, 3.8) is 0 Å². The topological polar surface area (TPSA) is 94.1 Å². The molecule has 35 heavy (non-hydrogen) atoms. The zero-order chi connectivity index (χ0) is 25.4. The van der Waals surface area contributed by atoms with Crippen LogP contribution in [-0.2, 0) is 23.9 Å². The van der Waals surface area contributed by atoms with E-state index in [-0.39, 0.29) is 12.6 Å². The lowest BCUT2D eigenvalue weighted by atomic mass is 9.75. The Balaban J connectivity index is 2.10. The number of nitrogens with one attached hydrogen (secondary N) is 1. The summed E-state index contributed by atoms with van der Waals surface area (Å²) in [6.45, 7) is 3.64. The second-order valence-electron chi connectivity index (χ2n) is 8.15. The molecular weight excluding hydrogens is 468 g/mol. The molecule has 0 fully saturated rings. The number of amides is 1. The molecule has 1 N–H and O–H groups in total. The fourth-order valence-corrected chi connectivity index (χ4v) is 4.66. The first-order valence-electron chi connectivity index (χ1n) is 11.4. The number of benzene rings is 2. The summed E-state index contributed by atoms with van der Waals surface area (Å²) in [5.74, 6) is -2.53. The van der Waals surface area contributed by atoms with Gasteiger partial charge in [0.2, 0.25) is 6.41 Å². The van der Waals surface area contributed by atoms with Crippen LogP contribution in [0, 0.1) is 5.92 Å². The first-order valence-corrected chi connectivity index (χ1v) is 11.8. The SMILES string of the molecule is CCOC(=O)C1=C(CCC(NC=O)c2ccccc2)N=C(C)C(C(=O)OC)C1c1cccc(Cl)c1. The van der Waals surface area contributed by atoms with Gasteiger partial charge in [-0.15, -0.1) is 0 Å². The predicted molar refractivity (Wildman–Crippen MR) is 134 cm³/mol. The van der Waals surface area contributed by atoms with Gasteiger partial charge in [0.05, 0.1) is 31.0 Å². The molecule has 1 amide bonds. The Morgan fingerprint density at radius 1 is 1.17 bits per heavy atom. The summed E-state index contributed by atoms with van der Waals surface area (Å²) in [5, 5.41) is 3.33. The number of allylic oxidation sites excluding steroid dienone is 1. The molecule has 3 rings (SSSR count). The molecule has 1 aliphatic heterocycles. The molecule has 0 spiro atoms. The molecule has 184 valence electrons. The number of carbonyl (C=O) groups is 3. The molecule has 7 nitrogen and oxygen atoms in total. The van der Waals surface area contributed by atoms with E-state index in [1.54, 1.807) is 32.0 Å². The van der Waals surface area contributed by atoms with E-state index in [1.165, 1.54) is 7.11 Å². The number of methoxy groups -OCH3 is 1. The van der Waals surface area contributed by atoms with Crippen molar-refractivity contribution in [2.24, 2.45) is 10.9 Å². The van der Waals surface area contributed by atoms with Crippen LogP contribution in [0.1, 0.15) is 49.8 Å². The summed E-state index contributed by atoms with van der Waals surface area (Å²) in [6.07, 6.45) is 1.52. The van der Waals surface area contributed by atoms with Crippen molar-refractivity contribution in [3.05, 3.63) is 82.0 Å². The van der Waals surface area contributed by atoms with E-state index in [0.717, 1.165) is 5.56 Å². The summed E-state index contributed by atoms with van der Waals surface area (Å²) in [5.41, 5.74) is 2.97. The maximum atomic E-state index is 13.3. The number of carbonyl (C=O) groups excluding carboxylic acids is 3. The summed E-state index contributed by atoms with van der Waals surface area (Å²) in [4.78, 5) is 42.1. The van der Waals surface area contributed by atoms with Gasteiger partial charge < -0.3 is 14.8 Å². The van der Waals surface area contributed by atoms with Gasteiger partial charge in [0.1, 0.15) is 5.92 Å². The zero-order valence-corrected chi connectivity index (χ0v) is 20.7. The minimum Gasteiger partial charge on any atom is -0.468 e. The first kappa shape index (κ1) is 26.2. The highest BCUT2D eigenvalue weighted by molar-refractivity contribution is 6.30. The average Bonchev–Trinajstić information content (AvgIpc) is 2.86. The van der Waals surface area contributed by atoms with E-state index in [0.29, 0.717) is 46.8 Å². The normalized spacial score (nSPS) is 18.3. The molecule has 8 heteroatoms. The maximum Gasteiger partial charge on any atom is 0.336 e. The van der Waals surface area contributed by atoms with E-state index in [9.17, 15) is 14.4 Å². The Hall–Kier alpha value is -3.45. The van der Waals surface area contributed by atoms with Crippen molar-refractivity contribution in [1.82, 2.24) is 5.32 Å². The van der Waals surface area contributed by atoms with Crippen molar-refractivity contribution in [2.75, 3.05) is 13.7 Å². The Labute approximate surface area is 210 Å². The molecule has 3 atom stereocenters. The fourth-order valence-electron chi connectivity index (χ4n) is 4.46. The number of hydrogen-bond donors (Lipinski definition) is 1. The van der Waals surface area contributed by atoms with Crippen LogP contribution in [0.2, 0.25) is 5.02 Å². The lowest BCUT2D eigenvalue weighted by Crippen LogP contribution is -2.36. The van der Waals surface area contributed by atoms with Crippen LogP contribution in [0.3, 0.4) is 0 Å². The monoisotopic (exact) mass is 496 g/mol. The molecule has 0 radical (unpaired) electrons. The van der Waals surface area contributed by atoms with E-state index >= 15 is 0 Å². The Morgan fingerprint density at radius 3 is 2.54 bits per heavy atom. The molecular formula is C27H29ClN2O5. The van der Waals surface area contributed by atoms with Gasteiger partial charge in [0.25, 0.3) is 0 Å². The Morgan fingerprint density at radius 2 is 1.91 bits per heavy atom. The second kappa shape index (κ2) is 12.3. The molecule has 0 saturated heterocycles. The van der Waals surface area contributed by atoms with Gasteiger partial charge in [-0.3, -0.25) is 14.6 Å². The van der Waals surface area contributed by atoms with Gasteiger partial charge >= 0.3 is 11.9 Å². The van der Waals surface area contributed by atoms with Crippen molar-refractivity contribution < 1.29 is 23.9 Å². The molecule has 0 bridgehead atoms. The highest BCUT2D eigenvalue weighted by atomic mass is 35.5. The highest BCUT2D eigenvalue weighted by Crippen LogP contribution is 2.42. The van der Waals surface area contributed by atoms with Crippen molar-refractivity contribution >= 4 is 35.7 Å². The van der Waals surface area contributed by atoms with E-state index in [2.05, 4.69) is 10.3 Å². The minimum atomic E-state index is -0.806. The maximum absolute atomic E-state index is 13.3. The largest absolute Gasteiger partial charge is 0.468 e. The number of ether oxygens (including phenoxy) is 2. The van der Waals surface area contributed by atoms with Crippen LogP contribution in [0.15, 0.2) is 70.9 Å². The number of halogens is 1. The van der Waals surface area contributed by atoms with E-state index in [4.69, 9.17) is 21.1 Å². The number of nitrogens with zero attached hydrogens (tertiary/aromatic N) is 1. The van der Waals surface area contributed by atoms with Crippen LogP contribution >= 0.6 is 11.6 Å². The average molecular weight is 497 g/mol. The highest BCUT2D eigenvalue weighted by Gasteiger charge is 2.43. The van der Waals surface area contributed by atoms with Crippen molar-refractivity contribution in [1.29, 1.82) is 0 Å². The summed E-state index contributed by atoms with van der Waals surface area (Å²) in [7, 11) is 1.31. The molecule has 3 unspecified atom stereocenters. The van der Waals surface area contributed by atoms with Gasteiger partial charge in [-0.1, -0.05) is 54.1 Å². The predicted octanol–water partition coefficient (Wildman–Crippen LogP) is 4.77. The van der Waals surface area contributed by atoms with Crippen LogP contribution in [-0.4, -0.2) is 37.8 Å². The summed E-state index contributed by atoms with van der Waals surface area (Å²) < 4.78 is 10.5. The van der Waals surface area contributed by atoms with E-state index in [1.807, 2.05) is 36.4 Å². The molecule has 0 saturated carbocycles. The smallest absolute Gasteiger partial charge is 0.336 e. The third-order valence-electron chi connectivity index (χ3n) is 6.02. The first-order chi connectivity index (χ1) is 16.9. The van der Waals surface area contributed by atoms with Gasteiger partial charge in [-0.25, -0.2) is 4.79 Å².